The molecule has 2 nitrogen and oxygen atoms in total. The Hall–Kier alpha value is -2.57. The SMILES string of the molecule is CC(C)(C)/C(CP(c1ccccc1)c1ccccc1)=N/N=C/c1ccccc1. The van der Waals surface area contributed by atoms with E-state index in [9.17, 15) is 0 Å². The van der Waals surface area contributed by atoms with Gasteiger partial charge in [-0.05, 0) is 24.1 Å². The van der Waals surface area contributed by atoms with Crippen molar-refractivity contribution in [2.45, 2.75) is 20.8 Å². The van der Waals surface area contributed by atoms with Gasteiger partial charge in [-0.25, -0.2) is 0 Å². The minimum absolute atomic E-state index is 0.0435. The molecule has 0 amide bonds. The number of nitrogens with zero attached hydrogens (tertiary/aromatic N) is 2. The lowest BCUT2D eigenvalue weighted by atomic mass is 9.91. The molecule has 3 aromatic carbocycles. The molecule has 0 atom stereocenters. The van der Waals surface area contributed by atoms with Gasteiger partial charge in [-0.1, -0.05) is 112 Å². The van der Waals surface area contributed by atoms with Crippen LogP contribution in [0.4, 0.5) is 0 Å². The molecule has 0 N–H and O–H groups in total. The molecule has 3 heteroatoms. The molecule has 3 rings (SSSR count). The van der Waals surface area contributed by atoms with Gasteiger partial charge in [0.2, 0.25) is 0 Å². The van der Waals surface area contributed by atoms with E-state index in [1.807, 2.05) is 36.5 Å². The molecule has 28 heavy (non-hydrogen) atoms. The van der Waals surface area contributed by atoms with Gasteiger partial charge in [0, 0.05) is 11.6 Å². The van der Waals surface area contributed by atoms with Crippen molar-refractivity contribution in [2.24, 2.45) is 15.6 Å². The molecular weight excluding hydrogens is 359 g/mol. The zero-order valence-electron chi connectivity index (χ0n) is 16.8. The Kier molecular flexibility index (Phi) is 6.90. The minimum Gasteiger partial charge on any atom is -0.159 e. The van der Waals surface area contributed by atoms with Crippen molar-refractivity contribution in [3.63, 3.8) is 0 Å². The highest BCUT2D eigenvalue weighted by atomic mass is 31.1. The normalized spacial score (nSPS) is 12.6. The first-order valence-electron chi connectivity index (χ1n) is 9.57. The average molecular weight is 386 g/mol. The second-order valence-electron chi connectivity index (χ2n) is 7.71. The van der Waals surface area contributed by atoms with Crippen LogP contribution in [0.25, 0.3) is 0 Å². The summed E-state index contributed by atoms with van der Waals surface area (Å²) in [5, 5.41) is 11.8. The van der Waals surface area contributed by atoms with Gasteiger partial charge in [-0.3, -0.25) is 0 Å². The maximum atomic E-state index is 4.68. The van der Waals surface area contributed by atoms with Crippen molar-refractivity contribution in [1.29, 1.82) is 0 Å². The van der Waals surface area contributed by atoms with Gasteiger partial charge in [0.1, 0.15) is 0 Å². The monoisotopic (exact) mass is 386 g/mol. The third-order valence-electron chi connectivity index (χ3n) is 4.49. The maximum absolute atomic E-state index is 4.68. The molecule has 0 unspecified atom stereocenters. The van der Waals surface area contributed by atoms with Crippen LogP contribution < -0.4 is 10.6 Å². The second kappa shape index (κ2) is 9.57. The molecule has 0 aromatic heterocycles. The number of benzene rings is 3. The minimum atomic E-state index is -0.530. The molecule has 0 saturated carbocycles. The van der Waals surface area contributed by atoms with Crippen LogP contribution in [0.3, 0.4) is 0 Å². The van der Waals surface area contributed by atoms with Crippen LogP contribution in [0, 0.1) is 5.41 Å². The summed E-state index contributed by atoms with van der Waals surface area (Å²) in [6, 6.07) is 31.7. The Labute approximate surface area is 169 Å². The average Bonchev–Trinajstić information content (AvgIpc) is 2.72. The molecule has 142 valence electrons. The fourth-order valence-electron chi connectivity index (χ4n) is 2.82. The Morgan fingerprint density at radius 2 is 1.21 bits per heavy atom. The molecule has 0 bridgehead atoms. The van der Waals surface area contributed by atoms with Crippen molar-refractivity contribution in [3.8, 4) is 0 Å². The van der Waals surface area contributed by atoms with Gasteiger partial charge in [0.05, 0.1) is 11.9 Å². The number of hydrogen-bond donors (Lipinski definition) is 0. The van der Waals surface area contributed by atoms with Crippen LogP contribution in [0.1, 0.15) is 26.3 Å². The molecule has 0 aliphatic rings. The largest absolute Gasteiger partial charge is 0.159 e. The fraction of sp³-hybridized carbons (Fsp3) is 0.200. The van der Waals surface area contributed by atoms with Crippen molar-refractivity contribution < 1.29 is 0 Å². The van der Waals surface area contributed by atoms with Crippen molar-refractivity contribution in [1.82, 2.24) is 0 Å². The van der Waals surface area contributed by atoms with Crippen LogP contribution in [0.2, 0.25) is 0 Å². The van der Waals surface area contributed by atoms with Crippen LogP contribution >= 0.6 is 7.92 Å². The van der Waals surface area contributed by atoms with E-state index in [0.717, 1.165) is 17.4 Å². The first-order valence-corrected chi connectivity index (χ1v) is 11.1. The molecule has 0 fully saturated rings. The summed E-state index contributed by atoms with van der Waals surface area (Å²) >= 11 is 0. The third kappa shape index (κ3) is 5.71. The van der Waals surface area contributed by atoms with E-state index < -0.39 is 7.92 Å². The fourth-order valence-corrected chi connectivity index (χ4v) is 5.38. The highest BCUT2D eigenvalue weighted by Gasteiger charge is 2.24. The summed E-state index contributed by atoms with van der Waals surface area (Å²) in [5.41, 5.74) is 2.14. The van der Waals surface area contributed by atoms with E-state index in [4.69, 9.17) is 0 Å². The van der Waals surface area contributed by atoms with Gasteiger partial charge >= 0.3 is 0 Å². The lowest BCUT2D eigenvalue weighted by Gasteiger charge is -2.26. The van der Waals surface area contributed by atoms with E-state index in [0.29, 0.717) is 0 Å². The summed E-state index contributed by atoms with van der Waals surface area (Å²) < 4.78 is 0. The van der Waals surface area contributed by atoms with Gasteiger partial charge < -0.3 is 0 Å². The van der Waals surface area contributed by atoms with E-state index in [1.54, 1.807) is 0 Å². The summed E-state index contributed by atoms with van der Waals surface area (Å²) in [4.78, 5) is 0. The first kappa shape index (κ1) is 20.2. The molecule has 0 aliphatic carbocycles. The maximum Gasteiger partial charge on any atom is 0.0568 e. The Morgan fingerprint density at radius 3 is 1.68 bits per heavy atom. The van der Waals surface area contributed by atoms with E-state index in [1.165, 1.54) is 10.6 Å². The molecule has 3 aromatic rings. The topological polar surface area (TPSA) is 24.7 Å². The van der Waals surface area contributed by atoms with E-state index in [2.05, 4.69) is 91.6 Å². The summed E-state index contributed by atoms with van der Waals surface area (Å²) in [6.45, 7) is 6.65. The Balaban J connectivity index is 1.92. The molecule has 0 aliphatic heterocycles. The summed E-state index contributed by atoms with van der Waals surface area (Å²) in [5.74, 6) is 0. The van der Waals surface area contributed by atoms with Crippen molar-refractivity contribution >= 4 is 30.5 Å². The lowest BCUT2D eigenvalue weighted by molar-refractivity contribution is 0.586. The number of hydrogen-bond acceptors (Lipinski definition) is 2. The number of rotatable bonds is 6. The quantitative estimate of drug-likeness (QED) is 0.298. The second-order valence-corrected chi connectivity index (χ2v) is 9.91. The van der Waals surface area contributed by atoms with Crippen LogP contribution in [-0.2, 0) is 0 Å². The van der Waals surface area contributed by atoms with E-state index in [-0.39, 0.29) is 5.41 Å². The third-order valence-corrected chi connectivity index (χ3v) is 6.95. The van der Waals surface area contributed by atoms with Crippen LogP contribution in [-0.4, -0.2) is 18.1 Å². The van der Waals surface area contributed by atoms with Gasteiger partial charge in [-0.15, -0.1) is 0 Å². The van der Waals surface area contributed by atoms with Gasteiger partial charge in [0.15, 0.2) is 0 Å². The van der Waals surface area contributed by atoms with E-state index >= 15 is 0 Å². The highest BCUT2D eigenvalue weighted by Crippen LogP contribution is 2.36. The molecular formula is C25H27N2P. The molecule has 0 saturated heterocycles. The Morgan fingerprint density at radius 1 is 0.750 bits per heavy atom. The van der Waals surface area contributed by atoms with Crippen LogP contribution in [0.15, 0.2) is 101 Å². The first-order chi connectivity index (χ1) is 13.5. The lowest BCUT2D eigenvalue weighted by Crippen LogP contribution is -2.27. The zero-order chi connectivity index (χ0) is 19.8. The predicted octanol–water partition coefficient (Wildman–Crippen LogP) is 5.64. The van der Waals surface area contributed by atoms with Crippen molar-refractivity contribution in [2.75, 3.05) is 6.16 Å². The standard InChI is InChI=1S/C25H27N2P/c1-25(2,3)24(27-26-19-21-13-7-4-8-14-21)20-28(22-15-9-5-10-16-22)23-17-11-6-12-18-23/h4-19H,20H2,1-3H3/b26-19+,27-24+. The summed E-state index contributed by atoms with van der Waals surface area (Å²) in [6.07, 6.45) is 2.73. The smallest absolute Gasteiger partial charge is 0.0568 e. The zero-order valence-corrected chi connectivity index (χ0v) is 17.7. The summed E-state index contributed by atoms with van der Waals surface area (Å²) in [7, 11) is -0.530. The molecule has 0 radical (unpaired) electrons. The highest BCUT2D eigenvalue weighted by molar-refractivity contribution is 7.73. The van der Waals surface area contributed by atoms with Crippen LogP contribution in [0.5, 0.6) is 0 Å². The van der Waals surface area contributed by atoms with Crippen molar-refractivity contribution in [3.05, 3.63) is 96.6 Å². The molecule has 0 heterocycles. The van der Waals surface area contributed by atoms with Gasteiger partial charge in [0.25, 0.3) is 0 Å². The Bertz CT molecular complexity index is 872. The molecule has 0 spiro atoms. The van der Waals surface area contributed by atoms with Gasteiger partial charge in [-0.2, -0.15) is 10.2 Å². The predicted molar refractivity (Wildman–Crippen MR) is 125 cm³/mol.